The first kappa shape index (κ1) is 76.0. The van der Waals surface area contributed by atoms with Crippen molar-refractivity contribution in [1.82, 2.24) is 0 Å². The van der Waals surface area contributed by atoms with Gasteiger partial charge in [0.1, 0.15) is 13.2 Å². The van der Waals surface area contributed by atoms with E-state index >= 15 is 0 Å². The molecule has 2 atom stereocenters. The summed E-state index contributed by atoms with van der Waals surface area (Å²) in [6.45, 7) is 4.68. The van der Waals surface area contributed by atoms with Crippen molar-refractivity contribution in [2.75, 3.05) is 47.5 Å². The fraction of sp³-hybridized carbons (Fsp3) is 0.814. The Morgan fingerprint density at radius 3 is 1.08 bits per heavy atom. The summed E-state index contributed by atoms with van der Waals surface area (Å²) in [5.74, 6) is -2.27. The molecule has 9 nitrogen and oxygen atoms in total. The van der Waals surface area contributed by atoms with Crippen LogP contribution in [0.15, 0.2) is 60.8 Å². The van der Waals surface area contributed by atoms with E-state index in [0.29, 0.717) is 23.9 Å². The molecule has 0 aliphatic heterocycles. The lowest BCUT2D eigenvalue weighted by atomic mass is 10.0. The van der Waals surface area contributed by atoms with E-state index in [1.54, 1.807) is 0 Å². The molecular formula is C70H127NO8. The normalized spacial score (nSPS) is 13.1. The second-order valence-electron chi connectivity index (χ2n) is 23.7. The van der Waals surface area contributed by atoms with Gasteiger partial charge in [-0.15, -0.1) is 0 Å². The fourth-order valence-corrected chi connectivity index (χ4v) is 9.68. The van der Waals surface area contributed by atoms with Crippen LogP contribution >= 0.6 is 0 Å². The molecule has 0 heterocycles. The van der Waals surface area contributed by atoms with Gasteiger partial charge in [-0.3, -0.25) is 9.59 Å². The quantitative estimate of drug-likeness (QED) is 0.0195. The Morgan fingerprint density at radius 2 is 0.722 bits per heavy atom. The number of esters is 2. The number of rotatable bonds is 62. The Kier molecular flexibility index (Phi) is 58.7. The molecule has 0 saturated carbocycles. The average Bonchev–Trinajstić information content (AvgIpc) is 3.42. The third-order valence-electron chi connectivity index (χ3n) is 14.8. The zero-order valence-corrected chi connectivity index (χ0v) is 52.5. The first-order valence-corrected chi connectivity index (χ1v) is 33.4. The summed E-state index contributed by atoms with van der Waals surface area (Å²) in [7, 11) is 5.93. The molecule has 0 N–H and O–H groups in total. The molecule has 0 bridgehead atoms. The van der Waals surface area contributed by atoms with Gasteiger partial charge < -0.3 is 33.3 Å². The predicted molar refractivity (Wildman–Crippen MR) is 334 cm³/mol. The number of likely N-dealkylation sites (N-methyl/N-ethyl adjacent to an activating group) is 1. The molecule has 0 aromatic heterocycles. The van der Waals surface area contributed by atoms with Gasteiger partial charge in [-0.05, 0) is 57.8 Å². The summed E-state index contributed by atoms with van der Waals surface area (Å²) in [5, 5.41) is 11.8. The van der Waals surface area contributed by atoms with Gasteiger partial charge >= 0.3 is 11.9 Å². The maximum absolute atomic E-state index is 12.9. The lowest BCUT2D eigenvalue weighted by Crippen LogP contribution is -2.44. The molecule has 0 aliphatic rings. The first-order chi connectivity index (χ1) is 38.6. The van der Waals surface area contributed by atoms with Crippen molar-refractivity contribution in [3.8, 4) is 0 Å². The van der Waals surface area contributed by atoms with Crippen molar-refractivity contribution in [3.05, 3.63) is 60.8 Å². The van der Waals surface area contributed by atoms with Crippen LogP contribution in [-0.4, -0.2) is 82.3 Å². The Morgan fingerprint density at radius 1 is 0.392 bits per heavy atom. The monoisotopic (exact) mass is 1110 g/mol. The Balaban J connectivity index is 4.13. The van der Waals surface area contributed by atoms with E-state index in [4.69, 9.17) is 18.9 Å². The molecular weight excluding hydrogens is 983 g/mol. The minimum atomic E-state index is -1.62. The molecule has 9 heteroatoms. The second-order valence-corrected chi connectivity index (χ2v) is 23.7. The van der Waals surface area contributed by atoms with E-state index in [1.807, 2.05) is 21.1 Å². The highest BCUT2D eigenvalue weighted by Crippen LogP contribution is 2.18. The smallest absolute Gasteiger partial charge is 0.306 e. The Hall–Kier alpha value is -3.01. The van der Waals surface area contributed by atoms with Crippen LogP contribution in [0.25, 0.3) is 0 Å². The molecule has 0 saturated heterocycles. The zero-order chi connectivity index (χ0) is 57.6. The van der Waals surface area contributed by atoms with Crippen LogP contribution in [0.2, 0.25) is 0 Å². The van der Waals surface area contributed by atoms with Crippen molar-refractivity contribution < 1.29 is 42.9 Å². The fourth-order valence-electron chi connectivity index (χ4n) is 9.68. The van der Waals surface area contributed by atoms with E-state index in [9.17, 15) is 19.5 Å². The van der Waals surface area contributed by atoms with Crippen LogP contribution in [0.5, 0.6) is 0 Å². The minimum Gasteiger partial charge on any atom is -0.545 e. The summed E-state index contributed by atoms with van der Waals surface area (Å²) in [6.07, 6.45) is 75.8. The topological polar surface area (TPSA) is 111 Å². The van der Waals surface area contributed by atoms with Gasteiger partial charge in [0.25, 0.3) is 0 Å². The van der Waals surface area contributed by atoms with Gasteiger partial charge in [-0.25, -0.2) is 0 Å². The van der Waals surface area contributed by atoms with E-state index in [1.165, 1.54) is 199 Å². The highest BCUT2D eigenvalue weighted by atomic mass is 16.7. The summed E-state index contributed by atoms with van der Waals surface area (Å²) in [4.78, 5) is 37.4. The average molecular weight is 1110 g/mol. The number of unbranched alkanes of at least 4 members (excludes halogenated alkanes) is 37. The van der Waals surface area contributed by atoms with Crippen LogP contribution in [0.3, 0.4) is 0 Å². The van der Waals surface area contributed by atoms with Crippen molar-refractivity contribution in [1.29, 1.82) is 0 Å². The van der Waals surface area contributed by atoms with Gasteiger partial charge in [0, 0.05) is 12.8 Å². The summed E-state index contributed by atoms with van der Waals surface area (Å²) in [6, 6.07) is 0. The van der Waals surface area contributed by atoms with Gasteiger partial charge in [-0.1, -0.05) is 299 Å². The number of carbonyl (C=O) groups is 3. The van der Waals surface area contributed by atoms with Crippen LogP contribution in [0.4, 0.5) is 0 Å². The zero-order valence-electron chi connectivity index (χ0n) is 52.5. The van der Waals surface area contributed by atoms with Gasteiger partial charge in [-0.2, -0.15) is 0 Å². The SMILES string of the molecule is CC/C=C\C/C=C\C/C=C\C/C=C\C/C=C\CCCCCCCCCCCCCC(=O)OC(COC(=O)CCCCCCCCCCCCCCCCCCCCCCCCCCCCC)COC(OCC[N+](C)(C)C)C(=O)[O-]. The van der Waals surface area contributed by atoms with Crippen molar-refractivity contribution in [2.24, 2.45) is 0 Å². The summed E-state index contributed by atoms with van der Waals surface area (Å²) < 4.78 is 22.8. The number of aliphatic carboxylic acids is 1. The third kappa shape index (κ3) is 62.4. The molecule has 0 rings (SSSR count). The van der Waals surface area contributed by atoms with E-state index in [2.05, 4.69) is 74.6 Å². The maximum Gasteiger partial charge on any atom is 0.306 e. The van der Waals surface area contributed by atoms with E-state index < -0.39 is 24.3 Å². The number of carboxylic acids is 1. The number of quaternary nitrogens is 1. The van der Waals surface area contributed by atoms with Crippen LogP contribution in [-0.2, 0) is 33.3 Å². The lowest BCUT2D eigenvalue weighted by molar-refractivity contribution is -0.870. The molecule has 0 amide bonds. The number of allylic oxidation sites excluding steroid dienone is 10. The minimum absolute atomic E-state index is 0.147. The Labute approximate surface area is 488 Å². The summed E-state index contributed by atoms with van der Waals surface area (Å²) >= 11 is 0. The molecule has 0 aromatic carbocycles. The largest absolute Gasteiger partial charge is 0.545 e. The predicted octanol–water partition coefficient (Wildman–Crippen LogP) is 19.0. The van der Waals surface area contributed by atoms with Gasteiger partial charge in [0.05, 0.1) is 40.3 Å². The van der Waals surface area contributed by atoms with Crippen molar-refractivity contribution >= 4 is 17.9 Å². The first-order valence-electron chi connectivity index (χ1n) is 33.4. The lowest BCUT2D eigenvalue weighted by Gasteiger charge is -2.26. The van der Waals surface area contributed by atoms with Gasteiger partial charge in [0.15, 0.2) is 12.4 Å². The van der Waals surface area contributed by atoms with Crippen LogP contribution in [0.1, 0.15) is 309 Å². The molecule has 0 radical (unpaired) electrons. The second kappa shape index (κ2) is 61.1. The van der Waals surface area contributed by atoms with Gasteiger partial charge in [0.2, 0.25) is 0 Å². The molecule has 460 valence electrons. The summed E-state index contributed by atoms with van der Waals surface area (Å²) in [5.41, 5.74) is 0. The molecule has 0 spiro atoms. The molecule has 0 aromatic rings. The van der Waals surface area contributed by atoms with Crippen LogP contribution in [0, 0.1) is 0 Å². The van der Waals surface area contributed by atoms with Crippen molar-refractivity contribution in [3.63, 3.8) is 0 Å². The van der Waals surface area contributed by atoms with E-state index in [-0.39, 0.29) is 32.2 Å². The highest BCUT2D eigenvalue weighted by molar-refractivity contribution is 5.70. The molecule has 0 aliphatic carbocycles. The maximum atomic E-state index is 12.9. The van der Waals surface area contributed by atoms with Crippen LogP contribution < -0.4 is 5.11 Å². The van der Waals surface area contributed by atoms with Crippen molar-refractivity contribution in [2.45, 2.75) is 322 Å². The number of nitrogens with zero attached hydrogens (tertiary/aromatic N) is 1. The molecule has 0 fully saturated rings. The third-order valence-corrected chi connectivity index (χ3v) is 14.8. The number of carboxylic acid groups (broad SMARTS) is 1. The molecule has 79 heavy (non-hydrogen) atoms. The number of ether oxygens (including phenoxy) is 4. The standard InChI is InChI=1S/C70H127NO8/c1-6-8-10-12-14-16-18-20-22-24-26-28-30-32-34-36-38-40-42-44-46-48-50-52-54-56-58-60-67(72)77-64-66(65-78-70(69(74)75)76-63-62-71(3,4)5)79-68(73)61-59-57-55-53-51-49-47-45-43-41-39-37-35-33-31-29-27-25-23-21-19-17-15-13-11-9-7-2/h9,11,15,17,21,23,27,29,33,35,66,70H,6-8,10,12-14,16,18-20,22,24-26,28,30-32,34,36-65H2,1-5H3/b11-9-,17-15-,23-21-,29-27-,35-33-. The number of carbonyl (C=O) groups excluding carboxylic acids is 3. The van der Waals surface area contributed by atoms with E-state index in [0.717, 1.165) is 77.0 Å². The Bertz CT molecular complexity index is 1480. The highest BCUT2D eigenvalue weighted by Gasteiger charge is 2.22. The number of hydrogen-bond donors (Lipinski definition) is 0. The molecule has 2 unspecified atom stereocenters. The number of hydrogen-bond acceptors (Lipinski definition) is 8.